The first kappa shape index (κ1) is 61.4. The Morgan fingerprint density at radius 2 is 0.877 bits per heavy atom. The number of rotatable bonds is 47. The molecule has 0 bridgehead atoms. The van der Waals surface area contributed by atoms with Crippen LogP contribution in [0.1, 0.15) is 258 Å². The van der Waals surface area contributed by atoms with Gasteiger partial charge in [0.05, 0.1) is 25.4 Å². The van der Waals surface area contributed by atoms with Crippen LogP contribution in [0.4, 0.5) is 0 Å². The van der Waals surface area contributed by atoms with Gasteiger partial charge in [0.2, 0.25) is 5.91 Å². The molecular weight excluding hydrogens is 815 g/mol. The van der Waals surface area contributed by atoms with Crippen LogP contribution in [-0.2, 0) is 14.3 Å². The fraction of sp³-hybridized carbons (Fsp3) is 0.875. The molecule has 7 atom stereocenters. The molecule has 1 fully saturated rings. The third-order valence-electron chi connectivity index (χ3n) is 13.2. The Kier molecular flexibility index (Phi) is 43.6. The molecule has 0 aromatic rings. The van der Waals surface area contributed by atoms with Crippen molar-refractivity contribution in [2.24, 2.45) is 0 Å². The van der Waals surface area contributed by atoms with Gasteiger partial charge < -0.3 is 40.3 Å². The van der Waals surface area contributed by atoms with E-state index in [4.69, 9.17) is 9.47 Å². The largest absolute Gasteiger partial charge is 0.394 e. The number of carbonyl (C=O) groups is 1. The number of unbranched alkanes of at least 4 members (excludes halogenated alkanes) is 33. The Morgan fingerprint density at radius 1 is 0.508 bits per heavy atom. The molecule has 0 saturated carbocycles. The van der Waals surface area contributed by atoms with E-state index in [0.717, 1.165) is 38.5 Å². The Morgan fingerprint density at radius 3 is 1.29 bits per heavy atom. The van der Waals surface area contributed by atoms with Crippen LogP contribution in [0.5, 0.6) is 0 Å². The van der Waals surface area contributed by atoms with E-state index in [0.29, 0.717) is 6.42 Å². The third kappa shape index (κ3) is 36.1. The third-order valence-corrected chi connectivity index (χ3v) is 13.2. The summed E-state index contributed by atoms with van der Waals surface area (Å²) < 4.78 is 11.2. The molecule has 0 radical (unpaired) electrons. The van der Waals surface area contributed by atoms with Crippen molar-refractivity contribution in [1.29, 1.82) is 0 Å². The van der Waals surface area contributed by atoms with Crippen LogP contribution in [0, 0.1) is 0 Å². The molecule has 9 heteroatoms. The highest BCUT2D eigenvalue weighted by Crippen LogP contribution is 2.23. The van der Waals surface area contributed by atoms with Crippen molar-refractivity contribution < 1.29 is 39.8 Å². The number of aliphatic hydroxyl groups is 5. The van der Waals surface area contributed by atoms with Gasteiger partial charge in [0.15, 0.2) is 6.29 Å². The number of hydrogen-bond donors (Lipinski definition) is 6. The molecule has 1 amide bonds. The standard InChI is InChI=1S/C56H105NO8/c1-3-5-7-9-11-13-15-17-19-21-22-23-24-25-26-27-28-30-32-34-36-38-40-42-44-46-52(60)57-49(48-64-56-55(63)54(62)53(61)51(47-58)65-56)50(59)45-43-41-39-37-35-33-31-29-20-18-16-14-12-10-8-6-4-2/h25-26,35,37,43,45,49-51,53-56,58-59,61-63H,3-24,27-34,36,38-42,44,46-48H2,1-2H3,(H,57,60)/b26-25-,37-35+,45-43+. The number of aliphatic hydroxyl groups excluding tert-OH is 5. The Labute approximate surface area is 400 Å². The molecular formula is C56H105NO8. The van der Waals surface area contributed by atoms with E-state index in [9.17, 15) is 30.3 Å². The van der Waals surface area contributed by atoms with E-state index in [1.54, 1.807) is 6.08 Å². The van der Waals surface area contributed by atoms with Crippen molar-refractivity contribution in [2.75, 3.05) is 13.2 Å². The Bertz CT molecular complexity index is 1110. The molecule has 1 heterocycles. The van der Waals surface area contributed by atoms with Gasteiger partial charge in [-0.15, -0.1) is 0 Å². The average molecular weight is 920 g/mol. The van der Waals surface area contributed by atoms with Crippen LogP contribution < -0.4 is 5.32 Å². The lowest BCUT2D eigenvalue weighted by Crippen LogP contribution is -2.60. The summed E-state index contributed by atoms with van der Waals surface area (Å²) >= 11 is 0. The Balaban J connectivity index is 2.25. The predicted octanol–water partition coefficient (Wildman–Crippen LogP) is 13.2. The van der Waals surface area contributed by atoms with E-state index in [-0.39, 0.29) is 12.5 Å². The highest BCUT2D eigenvalue weighted by Gasteiger charge is 2.44. The van der Waals surface area contributed by atoms with E-state index in [2.05, 4.69) is 43.5 Å². The van der Waals surface area contributed by atoms with Gasteiger partial charge in [-0.2, -0.15) is 0 Å². The number of allylic oxidation sites excluding steroid dienone is 5. The smallest absolute Gasteiger partial charge is 0.220 e. The maximum atomic E-state index is 13.0. The van der Waals surface area contributed by atoms with Gasteiger partial charge in [-0.05, 0) is 57.8 Å². The van der Waals surface area contributed by atoms with Gasteiger partial charge in [-0.25, -0.2) is 0 Å². The van der Waals surface area contributed by atoms with E-state index >= 15 is 0 Å². The molecule has 0 spiro atoms. The van der Waals surface area contributed by atoms with Gasteiger partial charge in [0.25, 0.3) is 0 Å². The first-order valence-corrected chi connectivity index (χ1v) is 27.7. The van der Waals surface area contributed by atoms with Crippen LogP contribution in [0.25, 0.3) is 0 Å². The minimum absolute atomic E-state index is 0.187. The molecule has 0 aliphatic carbocycles. The molecule has 6 N–H and O–H groups in total. The van der Waals surface area contributed by atoms with E-state index in [1.165, 1.54) is 199 Å². The summed E-state index contributed by atoms with van der Waals surface area (Å²) in [5, 5.41) is 54.4. The fourth-order valence-corrected chi connectivity index (χ4v) is 8.76. The summed E-state index contributed by atoms with van der Waals surface area (Å²) in [5.41, 5.74) is 0. The average Bonchev–Trinajstić information content (AvgIpc) is 3.31. The van der Waals surface area contributed by atoms with Crippen LogP contribution in [0.3, 0.4) is 0 Å². The predicted molar refractivity (Wildman–Crippen MR) is 272 cm³/mol. The minimum atomic E-state index is -1.57. The number of ether oxygens (including phenoxy) is 2. The van der Waals surface area contributed by atoms with Gasteiger partial charge >= 0.3 is 0 Å². The van der Waals surface area contributed by atoms with Crippen molar-refractivity contribution in [3.05, 3.63) is 36.5 Å². The Hall–Kier alpha value is -1.59. The zero-order chi connectivity index (χ0) is 47.3. The summed E-state index contributed by atoms with van der Waals surface area (Å²) in [6.45, 7) is 3.78. The second-order valence-electron chi connectivity index (χ2n) is 19.4. The number of hydrogen-bond acceptors (Lipinski definition) is 8. The lowest BCUT2D eigenvalue weighted by molar-refractivity contribution is -0.302. The van der Waals surface area contributed by atoms with Crippen molar-refractivity contribution in [3.8, 4) is 0 Å². The second-order valence-corrected chi connectivity index (χ2v) is 19.4. The molecule has 1 aliphatic rings. The molecule has 0 aromatic carbocycles. The SMILES string of the molecule is CCCCCCCCCCCCC/C=C/CC/C=C/C(O)C(COC1OC(CO)C(O)C(O)C1O)NC(=O)CCCCCCCCCCC/C=C\CCCCCCCCCCCCCC. The summed E-state index contributed by atoms with van der Waals surface area (Å²) in [5.74, 6) is -0.187. The molecule has 9 nitrogen and oxygen atoms in total. The maximum absolute atomic E-state index is 13.0. The molecule has 65 heavy (non-hydrogen) atoms. The van der Waals surface area contributed by atoms with Crippen molar-refractivity contribution in [3.63, 3.8) is 0 Å². The van der Waals surface area contributed by atoms with Crippen molar-refractivity contribution in [1.82, 2.24) is 5.32 Å². The number of amides is 1. The first-order valence-electron chi connectivity index (χ1n) is 27.7. The highest BCUT2D eigenvalue weighted by molar-refractivity contribution is 5.76. The first-order chi connectivity index (χ1) is 31.8. The van der Waals surface area contributed by atoms with Crippen LogP contribution in [-0.4, -0.2) is 87.5 Å². The normalized spacial score (nSPS) is 20.1. The zero-order valence-corrected chi connectivity index (χ0v) is 42.3. The van der Waals surface area contributed by atoms with Gasteiger partial charge in [-0.1, -0.05) is 230 Å². The number of nitrogens with one attached hydrogen (secondary N) is 1. The number of carbonyl (C=O) groups excluding carboxylic acids is 1. The van der Waals surface area contributed by atoms with Gasteiger partial charge in [-0.3, -0.25) is 4.79 Å². The summed E-state index contributed by atoms with van der Waals surface area (Å²) in [4.78, 5) is 13.0. The topological polar surface area (TPSA) is 149 Å². The maximum Gasteiger partial charge on any atom is 0.220 e. The molecule has 1 saturated heterocycles. The van der Waals surface area contributed by atoms with Crippen LogP contribution in [0.2, 0.25) is 0 Å². The van der Waals surface area contributed by atoms with Crippen molar-refractivity contribution >= 4 is 5.91 Å². The minimum Gasteiger partial charge on any atom is -0.394 e. The van der Waals surface area contributed by atoms with E-state index < -0.39 is 49.5 Å². The zero-order valence-electron chi connectivity index (χ0n) is 42.3. The quantitative estimate of drug-likeness (QED) is 0.0261. The van der Waals surface area contributed by atoms with E-state index in [1.807, 2.05) is 6.08 Å². The summed E-state index contributed by atoms with van der Waals surface area (Å²) in [6.07, 6.45) is 52.1. The lowest BCUT2D eigenvalue weighted by Gasteiger charge is -2.40. The van der Waals surface area contributed by atoms with Crippen molar-refractivity contribution in [2.45, 2.75) is 301 Å². The molecule has 7 unspecified atom stereocenters. The molecule has 382 valence electrons. The van der Waals surface area contributed by atoms with Gasteiger partial charge in [0.1, 0.15) is 24.4 Å². The van der Waals surface area contributed by atoms with Gasteiger partial charge in [0, 0.05) is 6.42 Å². The molecule has 1 aliphatic heterocycles. The summed E-state index contributed by atoms with van der Waals surface area (Å²) in [7, 11) is 0. The van der Waals surface area contributed by atoms with Crippen LogP contribution in [0.15, 0.2) is 36.5 Å². The molecule has 1 rings (SSSR count). The molecule has 0 aromatic heterocycles. The monoisotopic (exact) mass is 920 g/mol. The highest BCUT2D eigenvalue weighted by atomic mass is 16.7. The fourth-order valence-electron chi connectivity index (χ4n) is 8.76. The second kappa shape index (κ2) is 46.2. The lowest BCUT2D eigenvalue weighted by atomic mass is 9.99. The van der Waals surface area contributed by atoms with Crippen LogP contribution >= 0.6 is 0 Å². The summed E-state index contributed by atoms with van der Waals surface area (Å²) in [6, 6.07) is -0.822.